The molecule has 2 N–H and O–H groups in total. The molecule has 27 heavy (non-hydrogen) atoms. The first-order valence-corrected chi connectivity index (χ1v) is 10.1. The standard InChI is InChI=1S/C21H38N4O2/c1-6-25(7-2)15-9-11-18(3)24-21(22-4)23-14-10-16-27-20-13-8-12-19(17-20)26-5/h8,12-13,17-18H,6-7,9-11,14-16H2,1-5H3,(H2,22,23,24). The van der Waals surface area contributed by atoms with E-state index in [-0.39, 0.29) is 0 Å². The van der Waals surface area contributed by atoms with Crippen molar-refractivity contribution in [2.24, 2.45) is 4.99 Å². The topological polar surface area (TPSA) is 58.1 Å². The minimum atomic E-state index is 0.403. The molecule has 1 unspecified atom stereocenters. The van der Waals surface area contributed by atoms with Gasteiger partial charge in [0.25, 0.3) is 0 Å². The van der Waals surface area contributed by atoms with E-state index in [9.17, 15) is 0 Å². The Kier molecular flexibility index (Phi) is 12.1. The highest BCUT2D eigenvalue weighted by molar-refractivity contribution is 5.79. The lowest BCUT2D eigenvalue weighted by Crippen LogP contribution is -2.43. The summed E-state index contributed by atoms with van der Waals surface area (Å²) in [5.74, 6) is 2.50. The number of nitrogens with zero attached hydrogens (tertiary/aromatic N) is 2. The second-order valence-electron chi connectivity index (χ2n) is 6.59. The number of nitrogens with one attached hydrogen (secondary N) is 2. The zero-order valence-electron chi connectivity index (χ0n) is 17.8. The van der Waals surface area contributed by atoms with Crippen LogP contribution in [0, 0.1) is 0 Å². The molecule has 1 aromatic rings. The van der Waals surface area contributed by atoms with Gasteiger partial charge in [-0.2, -0.15) is 0 Å². The van der Waals surface area contributed by atoms with Gasteiger partial charge in [0.2, 0.25) is 0 Å². The molecule has 0 fully saturated rings. The van der Waals surface area contributed by atoms with E-state index in [1.54, 1.807) is 7.11 Å². The normalized spacial score (nSPS) is 12.7. The van der Waals surface area contributed by atoms with Gasteiger partial charge in [0.1, 0.15) is 11.5 Å². The molecule has 6 heteroatoms. The van der Waals surface area contributed by atoms with Gasteiger partial charge in [0.05, 0.1) is 13.7 Å². The molecule has 0 amide bonds. The number of hydrogen-bond donors (Lipinski definition) is 2. The summed E-state index contributed by atoms with van der Waals surface area (Å²) >= 11 is 0. The zero-order valence-corrected chi connectivity index (χ0v) is 17.8. The third kappa shape index (κ3) is 10.1. The van der Waals surface area contributed by atoms with E-state index in [2.05, 4.69) is 41.3 Å². The first-order valence-electron chi connectivity index (χ1n) is 10.1. The Labute approximate surface area is 165 Å². The molecule has 0 radical (unpaired) electrons. The van der Waals surface area contributed by atoms with Gasteiger partial charge in [-0.1, -0.05) is 19.9 Å². The molecule has 154 valence electrons. The van der Waals surface area contributed by atoms with E-state index in [1.807, 2.05) is 31.3 Å². The lowest BCUT2D eigenvalue weighted by molar-refractivity contribution is 0.292. The molecule has 6 nitrogen and oxygen atoms in total. The quantitative estimate of drug-likeness (QED) is 0.314. The first-order chi connectivity index (χ1) is 13.1. The van der Waals surface area contributed by atoms with Gasteiger partial charge in [-0.05, 0) is 58.0 Å². The van der Waals surface area contributed by atoms with Crippen LogP contribution in [0.25, 0.3) is 0 Å². The monoisotopic (exact) mass is 378 g/mol. The second-order valence-corrected chi connectivity index (χ2v) is 6.59. The SMILES string of the molecule is CCN(CC)CCCC(C)NC(=NC)NCCCOc1cccc(OC)c1. The number of hydrogen-bond acceptors (Lipinski definition) is 4. The van der Waals surface area contributed by atoms with Crippen molar-refractivity contribution in [3.8, 4) is 11.5 Å². The first kappa shape index (κ1) is 23.1. The van der Waals surface area contributed by atoms with Crippen molar-refractivity contribution >= 4 is 5.96 Å². The zero-order chi connectivity index (χ0) is 19.9. The van der Waals surface area contributed by atoms with E-state index in [4.69, 9.17) is 9.47 Å². The molecule has 0 aliphatic carbocycles. The third-order valence-corrected chi connectivity index (χ3v) is 4.54. The molecule has 0 saturated carbocycles. The van der Waals surface area contributed by atoms with Crippen LogP contribution >= 0.6 is 0 Å². The number of guanidine groups is 1. The van der Waals surface area contributed by atoms with Gasteiger partial charge in [-0.15, -0.1) is 0 Å². The van der Waals surface area contributed by atoms with Gasteiger partial charge in [-0.3, -0.25) is 4.99 Å². The Morgan fingerprint density at radius 2 is 1.93 bits per heavy atom. The van der Waals surface area contributed by atoms with Crippen LogP contribution in [0.5, 0.6) is 11.5 Å². The second kappa shape index (κ2) is 14.2. The van der Waals surface area contributed by atoms with Crippen molar-refractivity contribution in [1.82, 2.24) is 15.5 Å². The molecule has 1 aromatic carbocycles. The molecule has 0 aliphatic rings. The van der Waals surface area contributed by atoms with Crippen LogP contribution in [0.15, 0.2) is 29.3 Å². The molecule has 0 bridgehead atoms. The van der Waals surface area contributed by atoms with Crippen molar-refractivity contribution in [3.05, 3.63) is 24.3 Å². The van der Waals surface area contributed by atoms with Gasteiger partial charge in [-0.25, -0.2) is 0 Å². The van der Waals surface area contributed by atoms with Crippen molar-refractivity contribution in [3.63, 3.8) is 0 Å². The predicted octanol–water partition coefficient (Wildman–Crippen LogP) is 3.14. The van der Waals surface area contributed by atoms with Crippen molar-refractivity contribution in [2.75, 3.05) is 46.9 Å². The Morgan fingerprint density at radius 1 is 1.19 bits per heavy atom. The predicted molar refractivity (Wildman–Crippen MR) is 114 cm³/mol. The number of ether oxygens (including phenoxy) is 2. The molecule has 1 atom stereocenters. The van der Waals surface area contributed by atoms with Crippen molar-refractivity contribution < 1.29 is 9.47 Å². The average Bonchev–Trinajstić information content (AvgIpc) is 2.70. The fraction of sp³-hybridized carbons (Fsp3) is 0.667. The van der Waals surface area contributed by atoms with Crippen molar-refractivity contribution in [2.45, 2.75) is 46.1 Å². The third-order valence-electron chi connectivity index (χ3n) is 4.54. The van der Waals surface area contributed by atoms with Gasteiger partial charge >= 0.3 is 0 Å². The van der Waals surface area contributed by atoms with Crippen LogP contribution in [0.3, 0.4) is 0 Å². The highest BCUT2D eigenvalue weighted by Crippen LogP contribution is 2.18. The molecule has 0 aliphatic heterocycles. The highest BCUT2D eigenvalue weighted by atomic mass is 16.5. The van der Waals surface area contributed by atoms with E-state index in [0.717, 1.165) is 56.5 Å². The van der Waals surface area contributed by atoms with E-state index >= 15 is 0 Å². The minimum absolute atomic E-state index is 0.403. The molecule has 0 aromatic heterocycles. The van der Waals surface area contributed by atoms with E-state index < -0.39 is 0 Å². The Morgan fingerprint density at radius 3 is 2.59 bits per heavy atom. The number of rotatable bonds is 13. The number of methoxy groups -OCH3 is 1. The van der Waals surface area contributed by atoms with Crippen LogP contribution in [-0.4, -0.2) is 63.8 Å². The van der Waals surface area contributed by atoms with Crippen molar-refractivity contribution in [1.29, 1.82) is 0 Å². The van der Waals surface area contributed by atoms with Crippen LogP contribution < -0.4 is 20.1 Å². The van der Waals surface area contributed by atoms with Crippen LogP contribution in [-0.2, 0) is 0 Å². The molecule has 1 rings (SSSR count). The van der Waals surface area contributed by atoms with Gasteiger partial charge in [0, 0.05) is 25.7 Å². The van der Waals surface area contributed by atoms with E-state index in [0.29, 0.717) is 12.6 Å². The van der Waals surface area contributed by atoms with Crippen LogP contribution in [0.2, 0.25) is 0 Å². The maximum atomic E-state index is 5.76. The summed E-state index contributed by atoms with van der Waals surface area (Å²) in [6.07, 6.45) is 3.23. The summed E-state index contributed by atoms with van der Waals surface area (Å²) < 4.78 is 11.0. The maximum absolute atomic E-state index is 5.76. The minimum Gasteiger partial charge on any atom is -0.497 e. The van der Waals surface area contributed by atoms with Crippen LogP contribution in [0.1, 0.15) is 40.0 Å². The fourth-order valence-electron chi connectivity index (χ4n) is 2.82. The summed E-state index contributed by atoms with van der Waals surface area (Å²) in [5, 5.41) is 6.82. The molecule has 0 spiro atoms. The Balaban J connectivity index is 2.18. The molecule has 0 heterocycles. The lowest BCUT2D eigenvalue weighted by atomic mass is 10.2. The molecule has 0 saturated heterocycles. The number of aliphatic imine (C=N–C) groups is 1. The van der Waals surface area contributed by atoms with Gasteiger partial charge in [0.15, 0.2) is 5.96 Å². The van der Waals surface area contributed by atoms with Crippen LogP contribution in [0.4, 0.5) is 0 Å². The highest BCUT2D eigenvalue weighted by Gasteiger charge is 2.06. The molecular formula is C21H38N4O2. The largest absolute Gasteiger partial charge is 0.497 e. The summed E-state index contributed by atoms with van der Waals surface area (Å²) in [6.45, 7) is 11.5. The Hall–Kier alpha value is -1.95. The average molecular weight is 379 g/mol. The molecular weight excluding hydrogens is 340 g/mol. The Bertz CT molecular complexity index is 533. The number of benzene rings is 1. The van der Waals surface area contributed by atoms with Gasteiger partial charge < -0.3 is 25.0 Å². The summed E-state index contributed by atoms with van der Waals surface area (Å²) in [4.78, 5) is 6.77. The lowest BCUT2D eigenvalue weighted by Gasteiger charge is -2.21. The van der Waals surface area contributed by atoms with E-state index in [1.165, 1.54) is 6.42 Å². The smallest absolute Gasteiger partial charge is 0.191 e. The summed E-state index contributed by atoms with van der Waals surface area (Å²) in [7, 11) is 3.47. The fourth-order valence-corrected chi connectivity index (χ4v) is 2.82. The summed E-state index contributed by atoms with van der Waals surface area (Å²) in [5.41, 5.74) is 0. The maximum Gasteiger partial charge on any atom is 0.191 e. The summed E-state index contributed by atoms with van der Waals surface area (Å²) in [6, 6.07) is 8.08.